The Morgan fingerprint density at radius 3 is 2.48 bits per heavy atom. The first-order valence-corrected chi connectivity index (χ1v) is 10.8. The molecule has 2 aromatic carbocycles. The van der Waals surface area contributed by atoms with E-state index in [1.807, 2.05) is 19.1 Å². The fraction of sp³-hybridized carbons (Fsp3) is 0.0909. The van der Waals surface area contributed by atoms with Crippen LogP contribution in [-0.4, -0.2) is 19.3 Å². The van der Waals surface area contributed by atoms with Gasteiger partial charge in [0.05, 0.1) is 5.69 Å². The van der Waals surface area contributed by atoms with Gasteiger partial charge in [0, 0.05) is 35.9 Å². The predicted octanol–water partition coefficient (Wildman–Crippen LogP) is 4.08. The molecular weight excluding hydrogens is 424 g/mol. The van der Waals surface area contributed by atoms with Gasteiger partial charge in [0.25, 0.3) is 5.91 Å². The molecule has 31 heavy (non-hydrogen) atoms. The molecule has 9 heteroatoms. The van der Waals surface area contributed by atoms with Gasteiger partial charge in [-0.2, -0.15) is 0 Å². The lowest BCUT2D eigenvalue weighted by Gasteiger charge is -2.23. The number of anilines is 2. The molecule has 1 aromatic heterocycles. The van der Waals surface area contributed by atoms with E-state index in [2.05, 4.69) is 10.3 Å². The SMILES string of the molecule is Cc1ccc(N/C=C2\C(=O)N(c3ccc(F)cc3F)[C@H](c3cccnc3)S2(=O)=O)cc1. The fourth-order valence-electron chi connectivity index (χ4n) is 3.31. The molecule has 0 unspecified atom stereocenters. The van der Waals surface area contributed by atoms with Crippen molar-refractivity contribution in [2.75, 3.05) is 10.2 Å². The fourth-order valence-corrected chi connectivity index (χ4v) is 5.10. The number of aryl methyl sites for hydroxylation is 1. The van der Waals surface area contributed by atoms with Gasteiger partial charge in [-0.1, -0.05) is 23.8 Å². The number of sulfone groups is 1. The van der Waals surface area contributed by atoms with E-state index in [-0.39, 0.29) is 11.3 Å². The molecule has 1 N–H and O–H groups in total. The first kappa shape index (κ1) is 20.7. The monoisotopic (exact) mass is 441 g/mol. The number of aromatic nitrogens is 1. The minimum absolute atomic E-state index is 0.179. The number of carbonyl (C=O) groups excluding carboxylic acids is 1. The van der Waals surface area contributed by atoms with Gasteiger partial charge in [0.15, 0.2) is 10.3 Å². The number of rotatable bonds is 4. The molecule has 1 atom stereocenters. The molecule has 0 aliphatic carbocycles. The van der Waals surface area contributed by atoms with Crippen molar-refractivity contribution in [1.82, 2.24) is 4.98 Å². The van der Waals surface area contributed by atoms with Gasteiger partial charge >= 0.3 is 0 Å². The van der Waals surface area contributed by atoms with Crippen molar-refractivity contribution < 1.29 is 22.0 Å². The highest BCUT2D eigenvalue weighted by atomic mass is 32.2. The largest absolute Gasteiger partial charge is 0.360 e. The Labute approximate surface area is 177 Å². The highest BCUT2D eigenvalue weighted by Crippen LogP contribution is 2.43. The Kier molecular flexibility index (Phi) is 5.28. The molecule has 0 bridgehead atoms. The van der Waals surface area contributed by atoms with E-state index in [9.17, 15) is 22.0 Å². The van der Waals surface area contributed by atoms with Crippen molar-refractivity contribution in [1.29, 1.82) is 0 Å². The van der Waals surface area contributed by atoms with Crippen LogP contribution in [0.15, 0.2) is 78.1 Å². The van der Waals surface area contributed by atoms with Gasteiger partial charge in [-0.05, 0) is 37.3 Å². The van der Waals surface area contributed by atoms with Crippen molar-refractivity contribution in [3.05, 3.63) is 101 Å². The van der Waals surface area contributed by atoms with Crippen molar-refractivity contribution in [2.45, 2.75) is 12.3 Å². The van der Waals surface area contributed by atoms with Gasteiger partial charge < -0.3 is 5.32 Å². The lowest BCUT2D eigenvalue weighted by Crippen LogP contribution is -2.30. The minimum Gasteiger partial charge on any atom is -0.360 e. The average molecular weight is 441 g/mol. The number of pyridine rings is 1. The first-order valence-electron chi connectivity index (χ1n) is 9.25. The van der Waals surface area contributed by atoms with Gasteiger partial charge in [-0.25, -0.2) is 17.2 Å². The number of carbonyl (C=O) groups is 1. The van der Waals surface area contributed by atoms with Crippen molar-refractivity contribution in [3.63, 3.8) is 0 Å². The molecule has 1 saturated heterocycles. The third-order valence-corrected chi connectivity index (χ3v) is 6.80. The van der Waals surface area contributed by atoms with E-state index >= 15 is 0 Å². The zero-order chi connectivity index (χ0) is 22.2. The molecule has 0 saturated carbocycles. The van der Waals surface area contributed by atoms with Gasteiger partial charge in [0.1, 0.15) is 11.6 Å². The quantitative estimate of drug-likeness (QED) is 0.617. The molecule has 1 aliphatic rings. The van der Waals surface area contributed by atoms with Crippen LogP contribution in [0, 0.1) is 18.6 Å². The summed E-state index contributed by atoms with van der Waals surface area (Å²) in [5.41, 5.74) is 1.42. The van der Waals surface area contributed by atoms with Crippen LogP contribution in [0.1, 0.15) is 16.5 Å². The zero-order valence-electron chi connectivity index (χ0n) is 16.3. The summed E-state index contributed by atoms with van der Waals surface area (Å²) in [6.45, 7) is 1.90. The second-order valence-corrected chi connectivity index (χ2v) is 8.95. The van der Waals surface area contributed by atoms with Crippen LogP contribution in [0.2, 0.25) is 0 Å². The molecule has 158 valence electrons. The van der Waals surface area contributed by atoms with E-state index in [0.717, 1.165) is 28.8 Å². The Morgan fingerprint density at radius 2 is 1.84 bits per heavy atom. The number of hydrogen-bond acceptors (Lipinski definition) is 5. The number of nitrogens with one attached hydrogen (secondary N) is 1. The number of benzene rings is 2. The smallest absolute Gasteiger partial charge is 0.272 e. The number of amides is 1. The highest BCUT2D eigenvalue weighted by Gasteiger charge is 2.51. The molecule has 4 rings (SSSR count). The van der Waals surface area contributed by atoms with E-state index < -0.39 is 37.7 Å². The van der Waals surface area contributed by atoms with Crippen LogP contribution in [0.5, 0.6) is 0 Å². The predicted molar refractivity (Wildman–Crippen MR) is 113 cm³/mol. The van der Waals surface area contributed by atoms with Crippen LogP contribution in [0.3, 0.4) is 0 Å². The summed E-state index contributed by atoms with van der Waals surface area (Å²) in [6, 6.07) is 12.7. The molecule has 2 heterocycles. The van der Waals surface area contributed by atoms with E-state index in [1.54, 1.807) is 12.1 Å². The third kappa shape index (κ3) is 3.79. The lowest BCUT2D eigenvalue weighted by atomic mass is 10.2. The molecule has 1 fully saturated rings. The van der Waals surface area contributed by atoms with Crippen molar-refractivity contribution in [3.8, 4) is 0 Å². The van der Waals surface area contributed by atoms with Crippen molar-refractivity contribution in [2.24, 2.45) is 0 Å². The van der Waals surface area contributed by atoms with E-state index in [1.165, 1.54) is 24.5 Å². The maximum absolute atomic E-state index is 14.6. The normalized spacial score (nSPS) is 19.1. The van der Waals surface area contributed by atoms with E-state index in [4.69, 9.17) is 0 Å². The third-order valence-electron chi connectivity index (χ3n) is 4.82. The van der Waals surface area contributed by atoms with E-state index in [0.29, 0.717) is 11.8 Å². The van der Waals surface area contributed by atoms with Crippen LogP contribution >= 0.6 is 0 Å². The second-order valence-electron chi connectivity index (χ2n) is 6.97. The first-order chi connectivity index (χ1) is 14.8. The second kappa shape index (κ2) is 7.92. The molecule has 0 radical (unpaired) electrons. The van der Waals surface area contributed by atoms with Crippen LogP contribution in [-0.2, 0) is 14.6 Å². The molecule has 0 spiro atoms. The molecular formula is C22H17F2N3O3S. The Hall–Kier alpha value is -3.59. The number of nitrogens with zero attached hydrogens (tertiary/aromatic N) is 2. The standard InChI is InChI=1S/C22H17F2N3O3S/c1-14-4-7-17(8-5-14)26-13-20-21(28)27(19-9-6-16(23)11-18(19)24)22(31(20,29)30)15-3-2-10-25-12-15/h2-13,22,26H,1H3/b20-13+/t22-/m0/s1. The minimum atomic E-state index is -4.26. The summed E-state index contributed by atoms with van der Waals surface area (Å²) in [7, 11) is -4.26. The summed E-state index contributed by atoms with van der Waals surface area (Å²) >= 11 is 0. The molecule has 6 nitrogen and oxygen atoms in total. The van der Waals surface area contributed by atoms with Gasteiger partial charge in [-0.3, -0.25) is 14.7 Å². The zero-order valence-corrected chi connectivity index (χ0v) is 17.1. The maximum Gasteiger partial charge on any atom is 0.272 e. The summed E-state index contributed by atoms with van der Waals surface area (Å²) in [5, 5.41) is 1.27. The van der Waals surface area contributed by atoms with Crippen molar-refractivity contribution >= 4 is 27.1 Å². The maximum atomic E-state index is 14.6. The topological polar surface area (TPSA) is 79.4 Å². The molecule has 1 aliphatic heterocycles. The number of hydrogen-bond donors (Lipinski definition) is 1. The summed E-state index contributed by atoms with van der Waals surface area (Å²) in [5.74, 6) is -2.82. The average Bonchev–Trinajstić information content (AvgIpc) is 2.93. The Bertz CT molecular complexity index is 1280. The molecule has 3 aromatic rings. The summed E-state index contributed by atoms with van der Waals surface area (Å²) < 4.78 is 54.7. The van der Waals surface area contributed by atoms with Crippen LogP contribution < -0.4 is 10.2 Å². The van der Waals surface area contributed by atoms with Gasteiger partial charge in [-0.15, -0.1) is 0 Å². The number of halogens is 2. The summed E-state index contributed by atoms with van der Waals surface area (Å²) in [6.07, 6.45) is 3.83. The Morgan fingerprint density at radius 1 is 1.10 bits per heavy atom. The summed E-state index contributed by atoms with van der Waals surface area (Å²) in [4.78, 5) is 17.4. The van der Waals surface area contributed by atoms with Gasteiger partial charge in [0.2, 0.25) is 9.84 Å². The highest BCUT2D eigenvalue weighted by molar-refractivity contribution is 7.97. The van der Waals surface area contributed by atoms with Crippen LogP contribution in [0.25, 0.3) is 0 Å². The lowest BCUT2D eigenvalue weighted by molar-refractivity contribution is -0.114. The Balaban J connectivity index is 1.84. The molecule has 1 amide bonds. The van der Waals surface area contributed by atoms with Crippen LogP contribution in [0.4, 0.5) is 20.2 Å².